The topological polar surface area (TPSA) is 68.3 Å². The number of likely N-dealkylation sites (tertiary alicyclic amines) is 2. The monoisotopic (exact) mass is 372 g/mol. The highest BCUT2D eigenvalue weighted by molar-refractivity contribution is 5.95. The van der Waals surface area contributed by atoms with Crippen molar-refractivity contribution in [2.45, 2.75) is 13.3 Å². The van der Waals surface area contributed by atoms with Crippen LogP contribution >= 0.6 is 0 Å². The van der Waals surface area contributed by atoms with Crippen molar-refractivity contribution < 1.29 is 23.8 Å². The molecule has 3 heterocycles. The predicted molar refractivity (Wildman–Crippen MR) is 97.1 cm³/mol. The van der Waals surface area contributed by atoms with Gasteiger partial charge in [0.05, 0.1) is 6.61 Å². The van der Waals surface area contributed by atoms with Gasteiger partial charge < -0.3 is 24.0 Å². The van der Waals surface area contributed by atoms with E-state index in [4.69, 9.17) is 14.2 Å². The number of nitrogens with zero attached hydrogens (tertiary/aromatic N) is 2. The number of benzene rings is 1. The van der Waals surface area contributed by atoms with Gasteiger partial charge in [0.1, 0.15) is 25.2 Å². The van der Waals surface area contributed by atoms with E-state index < -0.39 is 0 Å². The number of hydrogen-bond acceptors (Lipinski definition) is 5. The standard InChI is InChI=1S/C20H24N2O5/c1-2-26-16-5-3-15(4-6-16)18(23)22-13-20(14-22)7-8-21(12-20)19(24)17-11-25-9-10-27-17/h3-6,11H,2,7-10,12-14H2,1H3. The molecule has 3 aliphatic rings. The SMILES string of the molecule is CCOc1ccc(C(=O)N2CC3(CCN(C(=O)C4=COCCO4)C3)C2)cc1. The second-order valence-electron chi connectivity index (χ2n) is 7.30. The lowest BCUT2D eigenvalue weighted by Gasteiger charge is -2.48. The van der Waals surface area contributed by atoms with E-state index in [1.165, 1.54) is 6.26 Å². The van der Waals surface area contributed by atoms with Gasteiger partial charge in [0.15, 0.2) is 0 Å². The minimum atomic E-state index is -0.122. The zero-order valence-corrected chi connectivity index (χ0v) is 15.5. The van der Waals surface area contributed by atoms with Gasteiger partial charge in [-0.3, -0.25) is 9.59 Å². The lowest BCUT2D eigenvalue weighted by atomic mass is 9.78. The van der Waals surface area contributed by atoms with E-state index >= 15 is 0 Å². The molecular weight excluding hydrogens is 348 g/mol. The van der Waals surface area contributed by atoms with Crippen molar-refractivity contribution in [2.24, 2.45) is 5.41 Å². The van der Waals surface area contributed by atoms with Crippen LogP contribution in [0.1, 0.15) is 23.7 Å². The van der Waals surface area contributed by atoms with Crippen LogP contribution in [-0.4, -0.2) is 67.6 Å². The van der Waals surface area contributed by atoms with E-state index in [9.17, 15) is 9.59 Å². The normalized spacial score (nSPS) is 20.4. The summed E-state index contributed by atoms with van der Waals surface area (Å²) in [5.74, 6) is 0.949. The largest absolute Gasteiger partial charge is 0.494 e. The van der Waals surface area contributed by atoms with Gasteiger partial charge in [0, 0.05) is 37.2 Å². The van der Waals surface area contributed by atoms with Crippen molar-refractivity contribution >= 4 is 11.8 Å². The summed E-state index contributed by atoms with van der Waals surface area (Å²) in [5.41, 5.74) is 0.671. The Hall–Kier alpha value is -2.70. The Bertz CT molecular complexity index is 752. The summed E-state index contributed by atoms with van der Waals surface area (Å²) >= 11 is 0. The maximum Gasteiger partial charge on any atom is 0.292 e. The highest BCUT2D eigenvalue weighted by Crippen LogP contribution is 2.40. The molecule has 0 N–H and O–H groups in total. The molecule has 27 heavy (non-hydrogen) atoms. The van der Waals surface area contributed by atoms with Crippen LogP contribution in [0.15, 0.2) is 36.3 Å². The molecule has 0 aromatic heterocycles. The van der Waals surface area contributed by atoms with Gasteiger partial charge >= 0.3 is 0 Å². The quantitative estimate of drug-likeness (QED) is 0.804. The number of ether oxygens (including phenoxy) is 3. The summed E-state index contributed by atoms with van der Waals surface area (Å²) in [7, 11) is 0. The molecule has 0 bridgehead atoms. The number of hydrogen-bond donors (Lipinski definition) is 0. The summed E-state index contributed by atoms with van der Waals surface area (Å²) in [6.45, 7) is 6.11. The van der Waals surface area contributed by atoms with Crippen molar-refractivity contribution in [3.8, 4) is 5.75 Å². The summed E-state index contributed by atoms with van der Waals surface area (Å²) < 4.78 is 16.0. The second kappa shape index (κ2) is 7.13. The van der Waals surface area contributed by atoms with Crippen LogP contribution in [0.25, 0.3) is 0 Å². The van der Waals surface area contributed by atoms with Gasteiger partial charge in [-0.1, -0.05) is 0 Å². The molecule has 7 nitrogen and oxygen atoms in total. The van der Waals surface area contributed by atoms with E-state index in [0.29, 0.717) is 51.6 Å². The first-order chi connectivity index (χ1) is 13.1. The number of carbonyl (C=O) groups is 2. The molecular formula is C20H24N2O5. The average Bonchev–Trinajstić information content (AvgIpc) is 3.13. The van der Waals surface area contributed by atoms with Gasteiger partial charge in [0.25, 0.3) is 11.8 Å². The highest BCUT2D eigenvalue weighted by Gasteiger charge is 2.50. The Kier molecular flexibility index (Phi) is 4.68. The molecule has 7 heteroatoms. The third-order valence-electron chi connectivity index (χ3n) is 5.34. The fourth-order valence-corrected chi connectivity index (χ4v) is 3.95. The van der Waals surface area contributed by atoms with E-state index in [1.807, 2.05) is 24.0 Å². The average molecular weight is 372 g/mol. The van der Waals surface area contributed by atoms with Crippen LogP contribution in [-0.2, 0) is 14.3 Å². The fraction of sp³-hybridized carbons (Fsp3) is 0.500. The highest BCUT2D eigenvalue weighted by atomic mass is 16.6. The van der Waals surface area contributed by atoms with Crippen molar-refractivity contribution in [3.05, 3.63) is 41.9 Å². The first-order valence-electron chi connectivity index (χ1n) is 9.36. The van der Waals surface area contributed by atoms with Crippen LogP contribution in [0.4, 0.5) is 0 Å². The Balaban J connectivity index is 1.33. The zero-order valence-electron chi connectivity index (χ0n) is 15.5. The van der Waals surface area contributed by atoms with Crippen molar-refractivity contribution in [2.75, 3.05) is 46.0 Å². The summed E-state index contributed by atoms with van der Waals surface area (Å²) in [6, 6.07) is 7.25. The molecule has 2 fully saturated rings. The Morgan fingerprint density at radius 3 is 2.48 bits per heavy atom. The van der Waals surface area contributed by atoms with Crippen molar-refractivity contribution in [1.29, 1.82) is 0 Å². The number of amides is 2. The third-order valence-corrected chi connectivity index (χ3v) is 5.34. The molecule has 1 aromatic carbocycles. The van der Waals surface area contributed by atoms with E-state index in [-0.39, 0.29) is 23.0 Å². The van der Waals surface area contributed by atoms with Gasteiger partial charge in [-0.25, -0.2) is 0 Å². The van der Waals surface area contributed by atoms with Crippen LogP contribution in [0.5, 0.6) is 5.75 Å². The summed E-state index contributed by atoms with van der Waals surface area (Å²) in [6.07, 6.45) is 2.30. The third kappa shape index (κ3) is 3.46. The molecule has 1 aromatic rings. The Labute approximate surface area is 158 Å². The second-order valence-corrected chi connectivity index (χ2v) is 7.30. The van der Waals surface area contributed by atoms with Crippen LogP contribution < -0.4 is 4.74 Å². The van der Waals surface area contributed by atoms with E-state index in [1.54, 1.807) is 17.0 Å². The van der Waals surface area contributed by atoms with Crippen LogP contribution in [0, 0.1) is 5.41 Å². The molecule has 0 unspecified atom stereocenters. The Morgan fingerprint density at radius 2 is 1.81 bits per heavy atom. The molecule has 2 amide bonds. The Morgan fingerprint density at radius 1 is 1.07 bits per heavy atom. The van der Waals surface area contributed by atoms with E-state index in [0.717, 1.165) is 12.2 Å². The number of carbonyl (C=O) groups excluding carboxylic acids is 2. The lowest BCUT2D eigenvalue weighted by molar-refractivity contribution is -0.132. The summed E-state index contributed by atoms with van der Waals surface area (Å²) in [5, 5.41) is 0. The van der Waals surface area contributed by atoms with Gasteiger partial charge in [-0.2, -0.15) is 0 Å². The smallest absolute Gasteiger partial charge is 0.292 e. The van der Waals surface area contributed by atoms with Crippen LogP contribution in [0.2, 0.25) is 0 Å². The molecule has 3 aliphatic heterocycles. The van der Waals surface area contributed by atoms with Crippen molar-refractivity contribution in [1.82, 2.24) is 9.80 Å². The van der Waals surface area contributed by atoms with Gasteiger partial charge in [-0.05, 0) is 37.6 Å². The van der Waals surface area contributed by atoms with Gasteiger partial charge in [0.2, 0.25) is 5.76 Å². The predicted octanol–water partition coefficient (Wildman–Crippen LogP) is 1.65. The molecule has 0 saturated carbocycles. The first-order valence-corrected chi connectivity index (χ1v) is 9.36. The molecule has 0 atom stereocenters. The fourth-order valence-electron chi connectivity index (χ4n) is 3.95. The lowest BCUT2D eigenvalue weighted by Crippen LogP contribution is -2.59. The molecule has 144 valence electrons. The van der Waals surface area contributed by atoms with E-state index in [2.05, 4.69) is 0 Å². The maximum atomic E-state index is 12.7. The maximum absolute atomic E-state index is 12.7. The minimum absolute atomic E-state index is 0.00661. The van der Waals surface area contributed by atoms with Gasteiger partial charge in [-0.15, -0.1) is 0 Å². The first kappa shape index (κ1) is 17.7. The zero-order chi connectivity index (χ0) is 18.9. The number of rotatable bonds is 4. The molecule has 1 spiro atoms. The van der Waals surface area contributed by atoms with Crippen LogP contribution in [0.3, 0.4) is 0 Å². The molecule has 0 aliphatic carbocycles. The molecule has 2 saturated heterocycles. The molecule has 0 radical (unpaired) electrons. The van der Waals surface area contributed by atoms with Crippen molar-refractivity contribution in [3.63, 3.8) is 0 Å². The minimum Gasteiger partial charge on any atom is -0.494 e. The summed E-state index contributed by atoms with van der Waals surface area (Å²) in [4.78, 5) is 28.8. The molecule has 4 rings (SSSR count).